The van der Waals surface area contributed by atoms with Gasteiger partial charge in [0.1, 0.15) is 0 Å². The number of aryl methyl sites for hydroxylation is 2. The molecular weight excluding hydrogens is 252 g/mol. The first-order valence-electron chi connectivity index (χ1n) is 7.37. The van der Waals surface area contributed by atoms with Crippen LogP contribution < -0.4 is 11.1 Å². The Morgan fingerprint density at radius 2 is 1.90 bits per heavy atom. The van der Waals surface area contributed by atoms with Gasteiger partial charge in [-0.05, 0) is 45.2 Å². The molecule has 0 saturated heterocycles. The van der Waals surface area contributed by atoms with Crippen molar-refractivity contribution in [1.29, 1.82) is 0 Å². The summed E-state index contributed by atoms with van der Waals surface area (Å²) in [5.41, 5.74) is 7.32. The number of nitrogens with two attached hydrogens (primary N) is 1. The van der Waals surface area contributed by atoms with E-state index in [4.69, 9.17) is 5.73 Å². The van der Waals surface area contributed by atoms with Gasteiger partial charge in [0.25, 0.3) is 0 Å². The number of carbonyl (C=O) groups excluding carboxylic acids is 1. The third kappa shape index (κ3) is 6.10. The van der Waals surface area contributed by atoms with Gasteiger partial charge in [0, 0.05) is 17.8 Å². The van der Waals surface area contributed by atoms with Crippen LogP contribution in [0.15, 0.2) is 6.07 Å². The molecule has 20 heavy (non-hydrogen) atoms. The van der Waals surface area contributed by atoms with E-state index in [9.17, 15) is 4.79 Å². The molecule has 1 rings (SSSR count). The quantitative estimate of drug-likeness (QED) is 0.766. The molecule has 1 heterocycles. The van der Waals surface area contributed by atoms with Crippen LogP contribution in [0.3, 0.4) is 0 Å². The number of hydrogen-bond donors (Lipinski definition) is 2. The van der Waals surface area contributed by atoms with E-state index in [0.717, 1.165) is 37.1 Å². The van der Waals surface area contributed by atoms with Crippen molar-refractivity contribution in [3.05, 3.63) is 17.5 Å². The average Bonchev–Trinajstić information content (AvgIpc) is 2.35. The SMILES string of the molecule is CCCC(CCN)CCC(=O)Nc1nc(C)cc(C)n1. The molecule has 1 amide bonds. The number of aromatic nitrogens is 2. The highest BCUT2D eigenvalue weighted by atomic mass is 16.1. The lowest BCUT2D eigenvalue weighted by Crippen LogP contribution is -2.17. The maximum Gasteiger partial charge on any atom is 0.229 e. The fourth-order valence-corrected chi connectivity index (χ4v) is 2.38. The summed E-state index contributed by atoms with van der Waals surface area (Å²) in [5.74, 6) is 0.919. The summed E-state index contributed by atoms with van der Waals surface area (Å²) in [5, 5.41) is 2.77. The largest absolute Gasteiger partial charge is 0.330 e. The van der Waals surface area contributed by atoms with Crippen LogP contribution in [-0.4, -0.2) is 22.4 Å². The molecule has 0 aliphatic carbocycles. The Kier molecular flexibility index (Phi) is 7.15. The molecule has 1 aromatic heterocycles. The fraction of sp³-hybridized carbons (Fsp3) is 0.667. The third-order valence-corrected chi connectivity index (χ3v) is 3.28. The van der Waals surface area contributed by atoms with Gasteiger partial charge < -0.3 is 5.73 Å². The lowest BCUT2D eigenvalue weighted by atomic mass is 9.94. The van der Waals surface area contributed by atoms with Crippen LogP contribution in [0.2, 0.25) is 0 Å². The Morgan fingerprint density at radius 1 is 1.25 bits per heavy atom. The highest BCUT2D eigenvalue weighted by Gasteiger charge is 2.11. The van der Waals surface area contributed by atoms with Crippen molar-refractivity contribution in [2.75, 3.05) is 11.9 Å². The summed E-state index contributed by atoms with van der Waals surface area (Å²) < 4.78 is 0. The van der Waals surface area contributed by atoms with E-state index in [1.54, 1.807) is 0 Å². The maximum absolute atomic E-state index is 11.9. The lowest BCUT2D eigenvalue weighted by molar-refractivity contribution is -0.116. The number of nitrogens with one attached hydrogen (secondary N) is 1. The van der Waals surface area contributed by atoms with Gasteiger partial charge in [-0.15, -0.1) is 0 Å². The molecule has 0 aliphatic heterocycles. The van der Waals surface area contributed by atoms with Crippen LogP contribution in [0.25, 0.3) is 0 Å². The van der Waals surface area contributed by atoms with Crippen molar-refractivity contribution in [3.63, 3.8) is 0 Å². The summed E-state index contributed by atoms with van der Waals surface area (Å²) in [4.78, 5) is 20.3. The van der Waals surface area contributed by atoms with Gasteiger partial charge >= 0.3 is 0 Å². The Bertz CT molecular complexity index is 408. The van der Waals surface area contributed by atoms with Crippen molar-refractivity contribution in [2.24, 2.45) is 11.7 Å². The van der Waals surface area contributed by atoms with E-state index in [0.29, 0.717) is 24.8 Å². The molecule has 1 unspecified atom stereocenters. The summed E-state index contributed by atoms with van der Waals surface area (Å²) in [6.45, 7) is 6.63. The zero-order valence-corrected chi connectivity index (χ0v) is 12.8. The van der Waals surface area contributed by atoms with Crippen LogP contribution in [0.5, 0.6) is 0 Å². The molecule has 0 aromatic carbocycles. The van der Waals surface area contributed by atoms with Crippen LogP contribution >= 0.6 is 0 Å². The minimum atomic E-state index is -0.0203. The first-order chi connectivity index (χ1) is 9.55. The van der Waals surface area contributed by atoms with E-state index in [1.807, 2.05) is 19.9 Å². The molecule has 0 radical (unpaired) electrons. The van der Waals surface area contributed by atoms with Gasteiger partial charge in [-0.25, -0.2) is 9.97 Å². The number of hydrogen-bond acceptors (Lipinski definition) is 4. The number of carbonyl (C=O) groups is 1. The second-order valence-corrected chi connectivity index (χ2v) is 5.29. The highest BCUT2D eigenvalue weighted by molar-refractivity contribution is 5.88. The van der Waals surface area contributed by atoms with E-state index < -0.39 is 0 Å². The minimum absolute atomic E-state index is 0.0203. The summed E-state index contributed by atoms with van der Waals surface area (Å²) >= 11 is 0. The topological polar surface area (TPSA) is 80.9 Å². The first-order valence-corrected chi connectivity index (χ1v) is 7.37. The van der Waals surface area contributed by atoms with Gasteiger partial charge in [0.05, 0.1) is 0 Å². The number of rotatable bonds is 8. The molecule has 1 atom stereocenters. The predicted molar refractivity (Wildman–Crippen MR) is 81.4 cm³/mol. The standard InChI is InChI=1S/C15H26N4O/c1-4-5-13(8-9-16)6-7-14(20)19-15-17-11(2)10-12(3)18-15/h10,13H,4-9,16H2,1-3H3,(H,17,18,19,20). The molecule has 0 bridgehead atoms. The van der Waals surface area contributed by atoms with Crippen LogP contribution in [0, 0.1) is 19.8 Å². The molecule has 3 N–H and O–H groups in total. The monoisotopic (exact) mass is 278 g/mol. The molecule has 5 nitrogen and oxygen atoms in total. The van der Waals surface area contributed by atoms with Gasteiger partial charge in [0.2, 0.25) is 11.9 Å². The summed E-state index contributed by atoms with van der Waals surface area (Å²) in [7, 11) is 0. The third-order valence-electron chi connectivity index (χ3n) is 3.28. The van der Waals surface area contributed by atoms with E-state index in [1.165, 1.54) is 0 Å². The van der Waals surface area contributed by atoms with E-state index >= 15 is 0 Å². The number of anilines is 1. The van der Waals surface area contributed by atoms with Crippen LogP contribution in [0.4, 0.5) is 5.95 Å². The predicted octanol–water partition coefficient (Wildman–Crippen LogP) is 2.58. The molecule has 5 heteroatoms. The molecular formula is C15H26N4O. The zero-order valence-electron chi connectivity index (χ0n) is 12.8. The summed E-state index contributed by atoms with van der Waals surface area (Å²) in [6, 6.07) is 1.88. The molecule has 0 fully saturated rings. The average molecular weight is 278 g/mol. The highest BCUT2D eigenvalue weighted by Crippen LogP contribution is 2.17. The second-order valence-electron chi connectivity index (χ2n) is 5.29. The van der Waals surface area contributed by atoms with Crippen LogP contribution in [0.1, 0.15) is 50.4 Å². The number of amides is 1. The smallest absolute Gasteiger partial charge is 0.229 e. The second kappa shape index (κ2) is 8.64. The molecule has 112 valence electrons. The van der Waals surface area contributed by atoms with Crippen LogP contribution in [-0.2, 0) is 4.79 Å². The molecule has 0 spiro atoms. The van der Waals surface area contributed by atoms with Gasteiger partial charge in [0.15, 0.2) is 0 Å². The Labute approximate surface area is 121 Å². The Balaban J connectivity index is 2.46. The van der Waals surface area contributed by atoms with Crippen molar-refractivity contribution < 1.29 is 4.79 Å². The fourth-order valence-electron chi connectivity index (χ4n) is 2.38. The Morgan fingerprint density at radius 3 is 2.45 bits per heavy atom. The first kappa shape index (κ1) is 16.6. The van der Waals surface area contributed by atoms with Crippen molar-refractivity contribution in [2.45, 2.75) is 52.9 Å². The molecule has 0 aliphatic rings. The number of nitrogens with zero attached hydrogens (tertiary/aromatic N) is 2. The minimum Gasteiger partial charge on any atom is -0.330 e. The molecule has 1 aromatic rings. The Hall–Kier alpha value is -1.49. The van der Waals surface area contributed by atoms with Crippen molar-refractivity contribution in [3.8, 4) is 0 Å². The normalized spacial score (nSPS) is 12.2. The summed E-state index contributed by atoms with van der Waals surface area (Å²) in [6.07, 6.45) is 4.63. The van der Waals surface area contributed by atoms with E-state index in [-0.39, 0.29) is 5.91 Å². The molecule has 0 saturated carbocycles. The van der Waals surface area contributed by atoms with E-state index in [2.05, 4.69) is 22.2 Å². The van der Waals surface area contributed by atoms with Crippen molar-refractivity contribution in [1.82, 2.24) is 9.97 Å². The zero-order chi connectivity index (χ0) is 15.0. The van der Waals surface area contributed by atoms with Gasteiger partial charge in [-0.3, -0.25) is 10.1 Å². The van der Waals surface area contributed by atoms with Gasteiger partial charge in [-0.2, -0.15) is 0 Å². The van der Waals surface area contributed by atoms with Crippen molar-refractivity contribution >= 4 is 11.9 Å². The lowest BCUT2D eigenvalue weighted by Gasteiger charge is -2.14. The maximum atomic E-state index is 11.9. The van der Waals surface area contributed by atoms with Gasteiger partial charge in [-0.1, -0.05) is 19.8 Å².